The van der Waals surface area contributed by atoms with Gasteiger partial charge in [0.2, 0.25) is 0 Å². The zero-order chi connectivity index (χ0) is 41.9. The van der Waals surface area contributed by atoms with Crippen LogP contribution in [0.25, 0.3) is 0 Å². The summed E-state index contributed by atoms with van der Waals surface area (Å²) in [7, 11) is 0. The van der Waals surface area contributed by atoms with Gasteiger partial charge >= 0.3 is 0 Å². The molecule has 4 aromatic rings. The summed E-state index contributed by atoms with van der Waals surface area (Å²) in [6, 6.07) is 30.0. The highest BCUT2D eigenvalue weighted by Gasteiger charge is 2.40. The molecule has 7 rings (SSSR count). The molecule has 3 aliphatic heterocycles. The van der Waals surface area contributed by atoms with E-state index in [9.17, 15) is 0 Å². The van der Waals surface area contributed by atoms with E-state index in [0.29, 0.717) is 19.8 Å². The standard InChI is InChI=1S/C53H70O6/c1-10-38-26-43(20-23-46(38)57-35-51(13-4)29-54-30-51)49(7,8)41-16-18-42(19-17-41)50(9,44-21-24-47(39(11-2)27-44)58-36-52(14-5)31-55-32-52)45-22-25-48(40(12-3)28-45)59-37-53(15-6)33-56-34-53/h16-28H,10-15,29-37H2,1-9H3. The van der Waals surface area contributed by atoms with Crippen LogP contribution < -0.4 is 14.2 Å². The SMILES string of the molecule is CCc1cc(C(C)(C)c2ccc(C(C)(c3ccc(OCC4(CC)COC4)c(CC)c3)c3ccc(OCC4(CC)COC4)c(CC)c3)cc2)ccc1OCC1(CC)COC1. The minimum Gasteiger partial charge on any atom is -0.493 e. The molecule has 4 aromatic carbocycles. The summed E-state index contributed by atoms with van der Waals surface area (Å²) in [5.41, 5.74) is 9.75. The molecule has 59 heavy (non-hydrogen) atoms. The second-order valence-corrected chi connectivity index (χ2v) is 18.8. The number of ether oxygens (including phenoxy) is 6. The van der Waals surface area contributed by atoms with Crippen molar-refractivity contribution < 1.29 is 28.4 Å². The first-order valence-corrected chi connectivity index (χ1v) is 22.5. The van der Waals surface area contributed by atoms with E-state index in [-0.39, 0.29) is 21.7 Å². The van der Waals surface area contributed by atoms with E-state index in [0.717, 1.165) is 95.4 Å². The highest BCUT2D eigenvalue weighted by atomic mass is 16.5. The molecule has 3 saturated heterocycles. The number of hydrogen-bond acceptors (Lipinski definition) is 6. The Hall–Kier alpha value is -3.84. The molecule has 3 heterocycles. The molecule has 0 unspecified atom stereocenters. The molecule has 0 saturated carbocycles. The molecule has 6 nitrogen and oxygen atoms in total. The van der Waals surface area contributed by atoms with Gasteiger partial charge in [-0.25, -0.2) is 0 Å². The van der Waals surface area contributed by atoms with E-state index in [2.05, 4.69) is 141 Å². The Kier molecular flexibility index (Phi) is 12.9. The van der Waals surface area contributed by atoms with Crippen LogP contribution >= 0.6 is 0 Å². The molecule has 3 aliphatic rings. The van der Waals surface area contributed by atoms with Gasteiger partial charge in [0.15, 0.2) is 0 Å². The lowest BCUT2D eigenvalue weighted by Gasteiger charge is -2.40. The summed E-state index contributed by atoms with van der Waals surface area (Å²) in [6.45, 7) is 27.2. The van der Waals surface area contributed by atoms with Crippen LogP contribution in [0.3, 0.4) is 0 Å². The third-order valence-corrected chi connectivity index (χ3v) is 14.7. The Morgan fingerprint density at radius 1 is 0.424 bits per heavy atom. The smallest absolute Gasteiger partial charge is 0.122 e. The van der Waals surface area contributed by atoms with Crippen molar-refractivity contribution in [2.45, 2.75) is 112 Å². The summed E-state index contributed by atoms with van der Waals surface area (Å²) < 4.78 is 36.4. The van der Waals surface area contributed by atoms with Crippen LogP contribution in [-0.2, 0) is 44.3 Å². The van der Waals surface area contributed by atoms with Crippen molar-refractivity contribution >= 4 is 0 Å². The van der Waals surface area contributed by atoms with Crippen molar-refractivity contribution in [3.05, 3.63) is 123 Å². The maximum Gasteiger partial charge on any atom is 0.122 e. The van der Waals surface area contributed by atoms with E-state index in [1.807, 2.05) is 0 Å². The van der Waals surface area contributed by atoms with Crippen molar-refractivity contribution in [3.63, 3.8) is 0 Å². The van der Waals surface area contributed by atoms with Gasteiger partial charge in [0.25, 0.3) is 0 Å². The van der Waals surface area contributed by atoms with Crippen LogP contribution in [0.4, 0.5) is 0 Å². The lowest BCUT2D eigenvalue weighted by Crippen LogP contribution is -2.46. The fourth-order valence-electron chi connectivity index (χ4n) is 8.92. The van der Waals surface area contributed by atoms with Crippen LogP contribution in [-0.4, -0.2) is 59.5 Å². The van der Waals surface area contributed by atoms with Gasteiger partial charge in [-0.2, -0.15) is 0 Å². The minimum absolute atomic E-state index is 0.119. The second kappa shape index (κ2) is 17.6. The Labute approximate surface area is 355 Å². The largest absolute Gasteiger partial charge is 0.493 e. The minimum atomic E-state index is -0.442. The monoisotopic (exact) mass is 803 g/mol. The first kappa shape index (κ1) is 43.3. The molecule has 0 spiro atoms. The van der Waals surface area contributed by atoms with Gasteiger partial charge in [0, 0.05) is 10.8 Å². The van der Waals surface area contributed by atoms with Crippen molar-refractivity contribution in [2.24, 2.45) is 16.2 Å². The molecule has 0 amide bonds. The first-order valence-electron chi connectivity index (χ1n) is 22.5. The molecule has 6 heteroatoms. The van der Waals surface area contributed by atoms with Crippen molar-refractivity contribution in [1.29, 1.82) is 0 Å². The highest BCUT2D eigenvalue weighted by Crippen LogP contribution is 2.44. The average molecular weight is 803 g/mol. The quantitative estimate of drug-likeness (QED) is 0.0830. The third kappa shape index (κ3) is 8.44. The van der Waals surface area contributed by atoms with Gasteiger partial charge in [-0.15, -0.1) is 0 Å². The molecule has 0 radical (unpaired) electrons. The normalized spacial score (nSPS) is 18.0. The molecular formula is C53H70O6. The molecule has 0 atom stereocenters. The van der Waals surface area contributed by atoms with E-state index >= 15 is 0 Å². The van der Waals surface area contributed by atoms with Crippen LogP contribution in [0.5, 0.6) is 17.2 Å². The fourth-order valence-corrected chi connectivity index (χ4v) is 8.92. The summed E-state index contributed by atoms with van der Waals surface area (Å²) in [5.74, 6) is 2.94. The molecular weight excluding hydrogens is 733 g/mol. The Morgan fingerprint density at radius 2 is 0.729 bits per heavy atom. The van der Waals surface area contributed by atoms with E-state index in [1.54, 1.807) is 0 Å². The van der Waals surface area contributed by atoms with E-state index < -0.39 is 5.41 Å². The topological polar surface area (TPSA) is 55.4 Å². The van der Waals surface area contributed by atoms with Crippen molar-refractivity contribution in [2.75, 3.05) is 59.5 Å². The number of aryl methyl sites for hydroxylation is 3. The Balaban J connectivity index is 1.22. The Bertz CT molecular complexity index is 1940. The van der Waals surface area contributed by atoms with Gasteiger partial charge in [-0.05, 0) is 108 Å². The van der Waals surface area contributed by atoms with E-state index in [1.165, 1.54) is 44.5 Å². The van der Waals surface area contributed by atoms with Crippen LogP contribution in [0, 0.1) is 16.2 Å². The summed E-state index contributed by atoms with van der Waals surface area (Å²) in [5, 5.41) is 0. The number of rotatable bonds is 20. The zero-order valence-electron chi connectivity index (χ0n) is 37.6. The van der Waals surface area contributed by atoms with Gasteiger partial charge in [0.05, 0.1) is 75.7 Å². The molecule has 0 bridgehead atoms. The maximum absolute atomic E-state index is 6.58. The molecule has 318 valence electrons. The predicted molar refractivity (Wildman–Crippen MR) is 239 cm³/mol. The lowest BCUT2D eigenvalue weighted by atomic mass is 9.69. The average Bonchev–Trinajstić information content (AvgIpc) is 3.22. The molecule has 0 aliphatic carbocycles. The van der Waals surface area contributed by atoms with Gasteiger partial charge in [-0.3, -0.25) is 0 Å². The van der Waals surface area contributed by atoms with Gasteiger partial charge < -0.3 is 28.4 Å². The zero-order valence-corrected chi connectivity index (χ0v) is 37.6. The van der Waals surface area contributed by atoms with Crippen molar-refractivity contribution in [3.8, 4) is 17.2 Å². The fraction of sp³-hybridized carbons (Fsp3) is 0.547. The summed E-state index contributed by atoms with van der Waals surface area (Å²) in [6.07, 6.45) is 5.86. The lowest BCUT2D eigenvalue weighted by molar-refractivity contribution is -0.133. The summed E-state index contributed by atoms with van der Waals surface area (Å²) >= 11 is 0. The number of benzene rings is 4. The first-order chi connectivity index (χ1) is 28.4. The molecule has 0 aromatic heterocycles. The van der Waals surface area contributed by atoms with E-state index in [4.69, 9.17) is 28.4 Å². The maximum atomic E-state index is 6.58. The number of hydrogen-bond donors (Lipinski definition) is 0. The Morgan fingerprint density at radius 3 is 1.03 bits per heavy atom. The molecule has 0 N–H and O–H groups in total. The van der Waals surface area contributed by atoms with Crippen LogP contribution in [0.15, 0.2) is 78.9 Å². The highest BCUT2D eigenvalue weighted by molar-refractivity contribution is 5.56. The second-order valence-electron chi connectivity index (χ2n) is 18.8. The third-order valence-electron chi connectivity index (χ3n) is 14.7. The van der Waals surface area contributed by atoms with Gasteiger partial charge in [0.1, 0.15) is 17.2 Å². The molecule has 3 fully saturated rings. The van der Waals surface area contributed by atoms with Crippen LogP contribution in [0.1, 0.15) is 126 Å². The van der Waals surface area contributed by atoms with Crippen LogP contribution in [0.2, 0.25) is 0 Å². The predicted octanol–water partition coefficient (Wildman–Crippen LogP) is 11.5. The van der Waals surface area contributed by atoms with Crippen molar-refractivity contribution in [1.82, 2.24) is 0 Å². The van der Waals surface area contributed by atoms with Gasteiger partial charge in [-0.1, -0.05) is 116 Å². The summed E-state index contributed by atoms with van der Waals surface area (Å²) in [4.78, 5) is 0.